The van der Waals surface area contributed by atoms with E-state index in [4.69, 9.17) is 5.73 Å². The molecule has 2 rings (SSSR count). The third-order valence-electron chi connectivity index (χ3n) is 4.95. The molecule has 0 bridgehead atoms. The number of nitrogens with two attached hydrogens (primary N) is 1. The molecule has 19 heavy (non-hydrogen) atoms. The third kappa shape index (κ3) is 2.19. The number of aliphatic hydroxyl groups is 1. The molecule has 1 aliphatic carbocycles. The van der Waals surface area contributed by atoms with Crippen molar-refractivity contribution in [3.05, 3.63) is 35.6 Å². The molecule has 0 aliphatic heterocycles. The summed E-state index contributed by atoms with van der Waals surface area (Å²) in [6.45, 7) is 4.48. The van der Waals surface area contributed by atoms with Crippen LogP contribution in [0.4, 0.5) is 4.39 Å². The Bertz CT molecular complexity index is 450. The minimum atomic E-state index is -1.17. The van der Waals surface area contributed by atoms with Gasteiger partial charge in [-0.3, -0.25) is 0 Å². The van der Waals surface area contributed by atoms with Gasteiger partial charge in [-0.15, -0.1) is 0 Å². The number of hydrogen-bond donors (Lipinski definition) is 2. The fourth-order valence-electron chi connectivity index (χ4n) is 3.77. The van der Waals surface area contributed by atoms with Gasteiger partial charge in [-0.05, 0) is 37.7 Å². The third-order valence-corrected chi connectivity index (χ3v) is 4.95. The highest BCUT2D eigenvalue weighted by atomic mass is 19.1. The molecule has 3 atom stereocenters. The molecule has 1 fully saturated rings. The molecule has 106 valence electrons. The molecule has 2 nitrogen and oxygen atoms in total. The van der Waals surface area contributed by atoms with Gasteiger partial charge in [0, 0.05) is 17.5 Å². The predicted octanol–water partition coefficient (Wildman–Crippen LogP) is 3.19. The normalized spacial score (nSPS) is 30.3. The summed E-state index contributed by atoms with van der Waals surface area (Å²) in [6.07, 6.45) is 3.26. The minimum absolute atomic E-state index is 0.334. The predicted molar refractivity (Wildman–Crippen MR) is 75.1 cm³/mol. The molecule has 3 heteroatoms. The second-order valence-corrected chi connectivity index (χ2v) is 6.03. The second-order valence-electron chi connectivity index (χ2n) is 6.03. The molecule has 0 saturated heterocycles. The maximum atomic E-state index is 14.1. The first-order valence-corrected chi connectivity index (χ1v) is 7.16. The quantitative estimate of drug-likeness (QED) is 0.878. The SMILES string of the molecule is CCC(O)(c1ccccc1F)C1(CN)CCC(C)C1. The van der Waals surface area contributed by atoms with Gasteiger partial charge in [-0.1, -0.05) is 32.0 Å². The molecule has 0 amide bonds. The Hall–Kier alpha value is -0.930. The van der Waals surface area contributed by atoms with Gasteiger partial charge in [0.2, 0.25) is 0 Å². The Labute approximate surface area is 114 Å². The maximum Gasteiger partial charge on any atom is 0.129 e. The van der Waals surface area contributed by atoms with E-state index in [2.05, 4.69) is 6.92 Å². The van der Waals surface area contributed by atoms with E-state index in [1.54, 1.807) is 18.2 Å². The Morgan fingerprint density at radius 2 is 2.16 bits per heavy atom. The van der Waals surface area contributed by atoms with Gasteiger partial charge in [-0.2, -0.15) is 0 Å². The zero-order valence-corrected chi connectivity index (χ0v) is 11.8. The average molecular weight is 265 g/mol. The standard InChI is InChI=1S/C16H24FNO/c1-3-16(19,13-6-4-5-7-14(13)17)15(11-18)9-8-12(2)10-15/h4-7,12,19H,3,8-11,18H2,1-2H3. The molecule has 0 radical (unpaired) electrons. The van der Waals surface area contributed by atoms with Gasteiger partial charge in [0.25, 0.3) is 0 Å². The maximum absolute atomic E-state index is 14.1. The average Bonchev–Trinajstić information content (AvgIpc) is 2.81. The summed E-state index contributed by atoms with van der Waals surface area (Å²) in [7, 11) is 0. The summed E-state index contributed by atoms with van der Waals surface area (Å²) in [5.74, 6) is 0.202. The van der Waals surface area contributed by atoms with Gasteiger partial charge < -0.3 is 10.8 Å². The van der Waals surface area contributed by atoms with Crippen molar-refractivity contribution in [2.75, 3.05) is 6.54 Å². The molecule has 1 aromatic carbocycles. The summed E-state index contributed by atoms with van der Waals surface area (Å²) in [5.41, 5.74) is 4.83. The van der Waals surface area contributed by atoms with E-state index in [0.717, 1.165) is 19.3 Å². The highest BCUT2D eigenvalue weighted by Crippen LogP contribution is 2.54. The van der Waals surface area contributed by atoms with Crippen LogP contribution in [0.15, 0.2) is 24.3 Å². The summed E-state index contributed by atoms with van der Waals surface area (Å²) in [6, 6.07) is 6.54. The first-order valence-electron chi connectivity index (χ1n) is 7.16. The van der Waals surface area contributed by atoms with Crippen LogP contribution in [-0.4, -0.2) is 11.7 Å². The zero-order valence-electron chi connectivity index (χ0n) is 11.8. The largest absolute Gasteiger partial charge is 0.384 e. The van der Waals surface area contributed by atoms with Crippen molar-refractivity contribution < 1.29 is 9.50 Å². The monoisotopic (exact) mass is 265 g/mol. The number of hydrogen-bond acceptors (Lipinski definition) is 2. The lowest BCUT2D eigenvalue weighted by Crippen LogP contribution is -2.49. The lowest BCUT2D eigenvalue weighted by atomic mass is 9.65. The van der Waals surface area contributed by atoms with E-state index < -0.39 is 11.0 Å². The Morgan fingerprint density at radius 3 is 2.63 bits per heavy atom. The molecular formula is C16H24FNO. The van der Waals surface area contributed by atoms with Crippen molar-refractivity contribution in [2.24, 2.45) is 17.1 Å². The van der Waals surface area contributed by atoms with Crippen molar-refractivity contribution >= 4 is 0 Å². The lowest BCUT2D eigenvalue weighted by Gasteiger charge is -2.45. The molecule has 0 aromatic heterocycles. The van der Waals surface area contributed by atoms with Gasteiger partial charge in [0.15, 0.2) is 0 Å². The number of benzene rings is 1. The second kappa shape index (κ2) is 5.22. The Balaban J connectivity index is 2.50. The minimum Gasteiger partial charge on any atom is -0.384 e. The van der Waals surface area contributed by atoms with E-state index in [9.17, 15) is 9.50 Å². The summed E-state index contributed by atoms with van der Waals surface area (Å²) >= 11 is 0. The molecule has 0 spiro atoms. The van der Waals surface area contributed by atoms with Crippen molar-refractivity contribution in [1.29, 1.82) is 0 Å². The lowest BCUT2D eigenvalue weighted by molar-refractivity contribution is -0.0922. The molecule has 1 saturated carbocycles. The summed E-state index contributed by atoms with van der Waals surface area (Å²) in [4.78, 5) is 0. The first-order chi connectivity index (χ1) is 8.99. The molecule has 1 aliphatic rings. The van der Waals surface area contributed by atoms with E-state index in [0.29, 0.717) is 24.4 Å². The topological polar surface area (TPSA) is 46.2 Å². The van der Waals surface area contributed by atoms with E-state index in [1.165, 1.54) is 6.07 Å². The molecule has 3 unspecified atom stereocenters. The van der Waals surface area contributed by atoms with Crippen LogP contribution in [-0.2, 0) is 5.60 Å². The Kier molecular flexibility index (Phi) is 3.98. The van der Waals surface area contributed by atoms with Crippen LogP contribution < -0.4 is 5.73 Å². The van der Waals surface area contributed by atoms with Crippen LogP contribution >= 0.6 is 0 Å². The van der Waals surface area contributed by atoms with Crippen LogP contribution in [0.5, 0.6) is 0 Å². The van der Waals surface area contributed by atoms with Crippen LogP contribution in [0.3, 0.4) is 0 Å². The van der Waals surface area contributed by atoms with Crippen LogP contribution in [0.1, 0.15) is 45.1 Å². The van der Waals surface area contributed by atoms with Crippen LogP contribution in [0, 0.1) is 17.2 Å². The van der Waals surface area contributed by atoms with Crippen molar-refractivity contribution in [3.63, 3.8) is 0 Å². The zero-order chi connectivity index (χ0) is 14.1. The van der Waals surface area contributed by atoms with Gasteiger partial charge in [0.1, 0.15) is 5.82 Å². The number of rotatable bonds is 4. The molecule has 0 heterocycles. The van der Waals surface area contributed by atoms with Crippen molar-refractivity contribution in [1.82, 2.24) is 0 Å². The molecular weight excluding hydrogens is 241 g/mol. The van der Waals surface area contributed by atoms with E-state index in [1.807, 2.05) is 6.92 Å². The van der Waals surface area contributed by atoms with Crippen LogP contribution in [0.2, 0.25) is 0 Å². The highest BCUT2D eigenvalue weighted by Gasteiger charge is 2.53. The summed E-state index contributed by atoms with van der Waals surface area (Å²) < 4.78 is 14.1. The first kappa shape index (κ1) is 14.5. The van der Waals surface area contributed by atoms with E-state index >= 15 is 0 Å². The van der Waals surface area contributed by atoms with Crippen molar-refractivity contribution in [2.45, 2.75) is 45.1 Å². The van der Waals surface area contributed by atoms with Gasteiger partial charge in [-0.25, -0.2) is 4.39 Å². The Morgan fingerprint density at radius 1 is 1.47 bits per heavy atom. The fourth-order valence-corrected chi connectivity index (χ4v) is 3.77. The summed E-state index contributed by atoms with van der Waals surface area (Å²) in [5, 5.41) is 11.2. The fraction of sp³-hybridized carbons (Fsp3) is 0.625. The molecule has 1 aromatic rings. The van der Waals surface area contributed by atoms with Crippen molar-refractivity contribution in [3.8, 4) is 0 Å². The smallest absolute Gasteiger partial charge is 0.129 e. The highest BCUT2D eigenvalue weighted by molar-refractivity contribution is 5.28. The van der Waals surface area contributed by atoms with E-state index in [-0.39, 0.29) is 5.82 Å². The van der Waals surface area contributed by atoms with Gasteiger partial charge >= 0.3 is 0 Å². The van der Waals surface area contributed by atoms with Gasteiger partial charge in [0.05, 0.1) is 5.60 Å². The molecule has 3 N–H and O–H groups in total. The number of halogens is 1. The van der Waals surface area contributed by atoms with Crippen LogP contribution in [0.25, 0.3) is 0 Å².